The Morgan fingerprint density at radius 1 is 1.43 bits per heavy atom. The highest BCUT2D eigenvalue weighted by Crippen LogP contribution is 2.40. The van der Waals surface area contributed by atoms with E-state index in [4.69, 9.17) is 4.74 Å². The number of nitrogens with one attached hydrogen (secondary N) is 2. The molecule has 21 heavy (non-hydrogen) atoms. The van der Waals surface area contributed by atoms with Crippen molar-refractivity contribution in [3.05, 3.63) is 23.7 Å². The number of likely N-dealkylation sites (N-methyl/N-ethyl adjacent to an activating group) is 1. The summed E-state index contributed by atoms with van der Waals surface area (Å²) in [5, 5.41) is 6.63. The first-order chi connectivity index (χ1) is 10.0. The molecule has 2 aliphatic heterocycles. The van der Waals surface area contributed by atoms with E-state index in [0.29, 0.717) is 5.41 Å². The van der Waals surface area contributed by atoms with Crippen LogP contribution >= 0.6 is 0 Å². The molecule has 2 unspecified atom stereocenters. The molecule has 0 saturated heterocycles. The molecular weight excluding hydrogens is 264 g/mol. The number of allylic oxidation sites excluding steroid dienone is 2. The van der Waals surface area contributed by atoms with Gasteiger partial charge in [-0.2, -0.15) is 0 Å². The van der Waals surface area contributed by atoms with Crippen LogP contribution in [0.1, 0.15) is 26.2 Å². The maximum Gasteiger partial charge on any atom is 0.208 e. The third-order valence-corrected chi connectivity index (χ3v) is 4.66. The van der Waals surface area contributed by atoms with Crippen LogP contribution in [0.2, 0.25) is 0 Å². The van der Waals surface area contributed by atoms with Gasteiger partial charge in [0, 0.05) is 34.3 Å². The van der Waals surface area contributed by atoms with Crippen molar-refractivity contribution in [2.75, 3.05) is 41.3 Å². The lowest BCUT2D eigenvalue weighted by molar-refractivity contribution is -0.00789. The highest BCUT2D eigenvalue weighted by Gasteiger charge is 2.38. The Hall–Kier alpha value is -1.20. The van der Waals surface area contributed by atoms with E-state index in [1.807, 2.05) is 7.05 Å². The van der Waals surface area contributed by atoms with Crippen molar-refractivity contribution >= 4 is 0 Å². The van der Waals surface area contributed by atoms with Gasteiger partial charge in [0.15, 0.2) is 0 Å². The van der Waals surface area contributed by atoms with Crippen LogP contribution < -0.4 is 10.6 Å². The van der Waals surface area contributed by atoms with Gasteiger partial charge in [-0.05, 0) is 31.7 Å². The molecule has 5 nitrogen and oxygen atoms in total. The smallest absolute Gasteiger partial charge is 0.208 e. The van der Waals surface area contributed by atoms with Crippen LogP contribution in [-0.4, -0.2) is 57.5 Å². The molecule has 2 aliphatic rings. The average Bonchev–Trinajstić information content (AvgIpc) is 2.71. The van der Waals surface area contributed by atoms with Crippen LogP contribution in [0.5, 0.6) is 0 Å². The molecule has 0 saturated carbocycles. The van der Waals surface area contributed by atoms with Crippen LogP contribution in [0.3, 0.4) is 0 Å². The van der Waals surface area contributed by atoms with Crippen molar-refractivity contribution < 1.29 is 4.74 Å². The van der Waals surface area contributed by atoms with Crippen molar-refractivity contribution in [3.63, 3.8) is 0 Å². The maximum atomic E-state index is 5.51. The normalized spacial score (nSPS) is 29.9. The first-order valence-corrected chi connectivity index (χ1v) is 7.77. The van der Waals surface area contributed by atoms with Gasteiger partial charge in [-0.15, -0.1) is 0 Å². The Bertz CT molecular complexity index is 421. The fourth-order valence-electron chi connectivity index (χ4n) is 3.15. The van der Waals surface area contributed by atoms with E-state index in [9.17, 15) is 0 Å². The first-order valence-electron chi connectivity index (χ1n) is 7.77. The third kappa shape index (κ3) is 3.52. The summed E-state index contributed by atoms with van der Waals surface area (Å²) in [7, 11) is 8.00. The second-order valence-electron chi connectivity index (χ2n) is 6.53. The lowest BCUT2D eigenvalue weighted by Gasteiger charge is -2.32. The summed E-state index contributed by atoms with van der Waals surface area (Å²) >= 11 is 0. The molecule has 0 radical (unpaired) electrons. The number of ether oxygens (including phenoxy) is 1. The molecular formula is C16H30N4O. The zero-order chi connectivity index (χ0) is 15.5. The first kappa shape index (κ1) is 16.2. The lowest BCUT2D eigenvalue weighted by Crippen LogP contribution is -2.39. The predicted molar refractivity (Wildman–Crippen MR) is 86.4 cm³/mol. The van der Waals surface area contributed by atoms with Crippen molar-refractivity contribution in [2.24, 2.45) is 5.41 Å². The molecule has 0 aliphatic carbocycles. The fourth-order valence-corrected chi connectivity index (χ4v) is 3.15. The average molecular weight is 294 g/mol. The Kier molecular flexibility index (Phi) is 5.17. The summed E-state index contributed by atoms with van der Waals surface area (Å²) in [5.74, 6) is 1.23. The summed E-state index contributed by atoms with van der Waals surface area (Å²) < 4.78 is 5.51. The maximum absolute atomic E-state index is 5.51. The van der Waals surface area contributed by atoms with E-state index in [0.717, 1.165) is 25.9 Å². The standard InChI is InChI=1S/C16H30N4O/c1-16(8-6-7-10-17-2)9-11-19(3)14-13(12-16)20(4)15(18-14)21-5/h6-7,15,17-18H,8-12H2,1-5H3/b7-6+. The Morgan fingerprint density at radius 2 is 2.19 bits per heavy atom. The van der Waals surface area contributed by atoms with Gasteiger partial charge in [-0.3, -0.25) is 0 Å². The van der Waals surface area contributed by atoms with E-state index in [2.05, 4.69) is 53.6 Å². The molecule has 0 bridgehead atoms. The highest BCUT2D eigenvalue weighted by atomic mass is 16.5. The monoisotopic (exact) mass is 294 g/mol. The minimum atomic E-state index is -0.0420. The minimum Gasteiger partial charge on any atom is -0.360 e. The van der Waals surface area contributed by atoms with E-state index >= 15 is 0 Å². The van der Waals surface area contributed by atoms with Crippen LogP contribution in [0.4, 0.5) is 0 Å². The van der Waals surface area contributed by atoms with Crippen LogP contribution in [0.15, 0.2) is 23.7 Å². The molecule has 0 spiro atoms. The molecule has 2 rings (SSSR count). The fraction of sp³-hybridized carbons (Fsp3) is 0.750. The molecule has 120 valence electrons. The molecule has 2 N–H and O–H groups in total. The van der Waals surface area contributed by atoms with Crippen LogP contribution in [0.25, 0.3) is 0 Å². The zero-order valence-corrected chi connectivity index (χ0v) is 14.1. The van der Waals surface area contributed by atoms with E-state index in [1.54, 1.807) is 7.11 Å². The molecule has 0 fully saturated rings. The summed E-state index contributed by atoms with van der Waals surface area (Å²) in [6, 6.07) is 0. The highest BCUT2D eigenvalue weighted by molar-refractivity contribution is 5.20. The summed E-state index contributed by atoms with van der Waals surface area (Å²) in [4.78, 5) is 4.56. The van der Waals surface area contributed by atoms with Crippen molar-refractivity contribution in [1.29, 1.82) is 0 Å². The largest absolute Gasteiger partial charge is 0.360 e. The Labute approximate surface area is 129 Å². The van der Waals surface area contributed by atoms with Crippen LogP contribution in [-0.2, 0) is 4.74 Å². The summed E-state index contributed by atoms with van der Waals surface area (Å²) in [6.45, 7) is 4.41. The quantitative estimate of drug-likeness (QED) is 0.752. The molecule has 0 aromatic carbocycles. The SMILES string of the molecule is CNC/C=C/CC1(C)CCN(C)C2=C(C1)N(C)C(OC)N2. The van der Waals surface area contributed by atoms with E-state index in [1.165, 1.54) is 17.9 Å². The number of methoxy groups -OCH3 is 1. The number of hydrogen-bond donors (Lipinski definition) is 2. The Balaban J connectivity index is 2.12. The zero-order valence-electron chi connectivity index (χ0n) is 14.1. The second kappa shape index (κ2) is 6.71. The summed E-state index contributed by atoms with van der Waals surface area (Å²) in [6.07, 6.45) is 7.90. The van der Waals surface area contributed by atoms with Gasteiger partial charge in [0.25, 0.3) is 0 Å². The number of nitrogens with zero attached hydrogens (tertiary/aromatic N) is 2. The number of rotatable bonds is 5. The van der Waals surface area contributed by atoms with Gasteiger partial charge in [0.1, 0.15) is 5.82 Å². The molecule has 0 aromatic heterocycles. The van der Waals surface area contributed by atoms with Gasteiger partial charge in [0.2, 0.25) is 6.35 Å². The van der Waals surface area contributed by atoms with Crippen LogP contribution in [0, 0.1) is 5.41 Å². The topological polar surface area (TPSA) is 39.8 Å². The van der Waals surface area contributed by atoms with Crippen molar-refractivity contribution in [2.45, 2.75) is 32.5 Å². The van der Waals surface area contributed by atoms with Gasteiger partial charge >= 0.3 is 0 Å². The molecule has 2 atom stereocenters. The van der Waals surface area contributed by atoms with E-state index in [-0.39, 0.29) is 6.35 Å². The van der Waals surface area contributed by atoms with Gasteiger partial charge in [-0.25, -0.2) is 0 Å². The third-order valence-electron chi connectivity index (χ3n) is 4.66. The molecule has 0 aromatic rings. The lowest BCUT2D eigenvalue weighted by atomic mass is 9.79. The summed E-state index contributed by atoms with van der Waals surface area (Å²) in [5.41, 5.74) is 1.67. The molecule has 0 amide bonds. The van der Waals surface area contributed by atoms with Crippen molar-refractivity contribution in [3.8, 4) is 0 Å². The molecule has 5 heteroatoms. The van der Waals surface area contributed by atoms with Crippen molar-refractivity contribution in [1.82, 2.24) is 20.4 Å². The second-order valence-corrected chi connectivity index (χ2v) is 6.53. The van der Waals surface area contributed by atoms with Gasteiger partial charge < -0.3 is 25.2 Å². The Morgan fingerprint density at radius 3 is 2.86 bits per heavy atom. The molecule has 2 heterocycles. The van der Waals surface area contributed by atoms with E-state index < -0.39 is 0 Å². The van der Waals surface area contributed by atoms with Gasteiger partial charge in [-0.1, -0.05) is 19.1 Å². The number of hydrogen-bond acceptors (Lipinski definition) is 5. The van der Waals surface area contributed by atoms with Gasteiger partial charge in [0.05, 0.1) is 5.70 Å². The minimum absolute atomic E-state index is 0.0420. The predicted octanol–water partition coefficient (Wildman–Crippen LogP) is 1.52.